The highest BCUT2D eigenvalue weighted by atomic mass is 32.2. The molecular formula is C14H19F2NO2S. The van der Waals surface area contributed by atoms with Crippen LogP contribution in [0.2, 0.25) is 0 Å². The lowest BCUT2D eigenvalue weighted by Crippen LogP contribution is -2.44. The van der Waals surface area contributed by atoms with Crippen molar-refractivity contribution in [1.82, 2.24) is 5.32 Å². The molecule has 1 rings (SSSR count). The van der Waals surface area contributed by atoms with Gasteiger partial charge in [0.2, 0.25) is 5.91 Å². The molecule has 0 saturated carbocycles. The average molecular weight is 303 g/mol. The zero-order chi connectivity index (χ0) is 15.3. The van der Waals surface area contributed by atoms with Crippen LogP contribution in [0.15, 0.2) is 23.1 Å². The molecule has 0 heterocycles. The minimum absolute atomic E-state index is 0.0154. The third kappa shape index (κ3) is 5.09. The first kappa shape index (κ1) is 16.9. The number of halogens is 2. The molecule has 0 aliphatic carbocycles. The predicted octanol–water partition coefficient (Wildman–Crippen LogP) is 2.58. The molecule has 3 nitrogen and oxygen atoms in total. The van der Waals surface area contributed by atoms with Crippen molar-refractivity contribution in [3.63, 3.8) is 0 Å². The van der Waals surface area contributed by atoms with Crippen molar-refractivity contribution in [1.29, 1.82) is 0 Å². The minimum Gasteiger partial charge on any atom is -0.388 e. The van der Waals surface area contributed by atoms with Crippen LogP contribution in [0.5, 0.6) is 0 Å². The van der Waals surface area contributed by atoms with E-state index in [4.69, 9.17) is 0 Å². The number of rotatable bonds is 6. The Kier molecular flexibility index (Phi) is 5.95. The van der Waals surface area contributed by atoms with E-state index in [9.17, 15) is 18.7 Å². The second kappa shape index (κ2) is 7.04. The maximum absolute atomic E-state index is 13.0. The molecule has 1 amide bonds. The second-order valence-electron chi connectivity index (χ2n) is 5.15. The number of hydrogen-bond donors (Lipinski definition) is 2. The number of benzene rings is 1. The number of thioether (sulfide) groups is 1. The van der Waals surface area contributed by atoms with Crippen LogP contribution < -0.4 is 5.32 Å². The van der Waals surface area contributed by atoms with Gasteiger partial charge in [0, 0.05) is 11.4 Å². The van der Waals surface area contributed by atoms with Crippen molar-refractivity contribution < 1.29 is 18.7 Å². The van der Waals surface area contributed by atoms with E-state index in [1.165, 1.54) is 6.07 Å². The molecule has 0 aromatic heterocycles. The molecule has 6 heteroatoms. The summed E-state index contributed by atoms with van der Waals surface area (Å²) in [4.78, 5) is 12.1. The number of aliphatic hydroxyl groups is 1. The summed E-state index contributed by atoms with van der Waals surface area (Å²) in [6, 6.07) is 3.50. The summed E-state index contributed by atoms with van der Waals surface area (Å²) in [5, 5.41) is 12.6. The molecule has 20 heavy (non-hydrogen) atoms. The quantitative estimate of drug-likeness (QED) is 0.794. The van der Waals surface area contributed by atoms with Crippen LogP contribution in [0.1, 0.15) is 20.8 Å². The highest BCUT2D eigenvalue weighted by molar-refractivity contribution is 8.00. The molecule has 1 atom stereocenters. The molecule has 1 unspecified atom stereocenters. The molecule has 1 aromatic rings. The van der Waals surface area contributed by atoms with E-state index in [0.29, 0.717) is 4.90 Å². The highest BCUT2D eigenvalue weighted by Crippen LogP contribution is 2.20. The largest absolute Gasteiger partial charge is 0.388 e. The minimum atomic E-state index is -0.970. The molecule has 112 valence electrons. The zero-order valence-corrected chi connectivity index (χ0v) is 12.6. The van der Waals surface area contributed by atoms with Gasteiger partial charge in [0.15, 0.2) is 11.6 Å². The first-order chi connectivity index (χ1) is 9.22. The molecule has 0 aliphatic rings. The molecule has 0 bridgehead atoms. The SMILES string of the molecule is CC(C)C(C)(O)CNC(=O)CSc1ccc(F)c(F)c1. The van der Waals surface area contributed by atoms with Crippen LogP contribution in [-0.4, -0.2) is 28.9 Å². The van der Waals surface area contributed by atoms with Crippen LogP contribution in [0.4, 0.5) is 8.78 Å². The molecule has 0 fully saturated rings. The van der Waals surface area contributed by atoms with Crippen LogP contribution in [0.3, 0.4) is 0 Å². The van der Waals surface area contributed by atoms with Gasteiger partial charge < -0.3 is 10.4 Å². The van der Waals surface area contributed by atoms with Gasteiger partial charge in [-0.1, -0.05) is 13.8 Å². The fourth-order valence-electron chi connectivity index (χ4n) is 1.25. The van der Waals surface area contributed by atoms with Gasteiger partial charge in [0.05, 0.1) is 11.4 Å². The highest BCUT2D eigenvalue weighted by Gasteiger charge is 2.25. The van der Waals surface area contributed by atoms with Crippen molar-refractivity contribution in [2.75, 3.05) is 12.3 Å². The van der Waals surface area contributed by atoms with Crippen molar-refractivity contribution in [2.24, 2.45) is 5.92 Å². The summed E-state index contributed by atoms with van der Waals surface area (Å²) < 4.78 is 25.7. The number of nitrogens with one attached hydrogen (secondary N) is 1. The third-order valence-corrected chi connectivity index (χ3v) is 4.14. The van der Waals surface area contributed by atoms with E-state index in [-0.39, 0.29) is 24.1 Å². The molecule has 0 saturated heterocycles. The Hall–Kier alpha value is -1.14. The van der Waals surface area contributed by atoms with Crippen molar-refractivity contribution in [3.05, 3.63) is 29.8 Å². The monoisotopic (exact) mass is 303 g/mol. The fourth-order valence-corrected chi connectivity index (χ4v) is 2.00. The van der Waals surface area contributed by atoms with Gasteiger partial charge in [0.1, 0.15) is 0 Å². The average Bonchev–Trinajstić information content (AvgIpc) is 2.37. The first-order valence-corrected chi connectivity index (χ1v) is 7.28. The van der Waals surface area contributed by atoms with Gasteiger partial charge in [-0.3, -0.25) is 4.79 Å². The van der Waals surface area contributed by atoms with Crippen LogP contribution in [0, 0.1) is 17.6 Å². The Morgan fingerprint density at radius 3 is 2.60 bits per heavy atom. The van der Waals surface area contributed by atoms with Crippen LogP contribution >= 0.6 is 11.8 Å². The molecule has 0 radical (unpaired) electrons. The number of amides is 1. The van der Waals surface area contributed by atoms with Crippen molar-refractivity contribution in [2.45, 2.75) is 31.3 Å². The molecular weight excluding hydrogens is 284 g/mol. The molecule has 1 aromatic carbocycles. The van der Waals surface area contributed by atoms with Gasteiger partial charge in [-0.15, -0.1) is 11.8 Å². The summed E-state index contributed by atoms with van der Waals surface area (Å²) in [7, 11) is 0. The maximum Gasteiger partial charge on any atom is 0.230 e. The fraction of sp³-hybridized carbons (Fsp3) is 0.500. The Bertz CT molecular complexity index is 478. The molecule has 0 aliphatic heterocycles. The summed E-state index contributed by atoms with van der Waals surface area (Å²) in [5.74, 6) is -2.01. The number of carbonyl (C=O) groups excluding carboxylic acids is 1. The van der Waals surface area contributed by atoms with Crippen molar-refractivity contribution >= 4 is 17.7 Å². The van der Waals surface area contributed by atoms with Crippen LogP contribution in [-0.2, 0) is 4.79 Å². The Labute approximate surface area is 121 Å². The zero-order valence-electron chi connectivity index (χ0n) is 11.7. The van der Waals surface area contributed by atoms with E-state index in [1.54, 1.807) is 6.92 Å². The Balaban J connectivity index is 2.42. The number of hydrogen-bond acceptors (Lipinski definition) is 3. The van der Waals surface area contributed by atoms with Gasteiger partial charge in [-0.2, -0.15) is 0 Å². The first-order valence-electron chi connectivity index (χ1n) is 6.29. The topological polar surface area (TPSA) is 49.3 Å². The number of carbonyl (C=O) groups is 1. The van der Waals surface area contributed by atoms with Gasteiger partial charge >= 0.3 is 0 Å². The van der Waals surface area contributed by atoms with Crippen molar-refractivity contribution in [3.8, 4) is 0 Å². The Morgan fingerprint density at radius 1 is 1.40 bits per heavy atom. The van der Waals surface area contributed by atoms with Gasteiger partial charge in [-0.25, -0.2) is 8.78 Å². The Morgan fingerprint density at radius 2 is 2.05 bits per heavy atom. The van der Waals surface area contributed by atoms with E-state index in [2.05, 4.69) is 5.32 Å². The summed E-state index contributed by atoms with van der Waals surface area (Å²) in [5.41, 5.74) is -0.970. The maximum atomic E-state index is 13.0. The summed E-state index contributed by atoms with van der Waals surface area (Å²) in [6.45, 7) is 5.53. The lowest BCUT2D eigenvalue weighted by atomic mass is 9.93. The lowest BCUT2D eigenvalue weighted by Gasteiger charge is -2.27. The third-order valence-electron chi connectivity index (χ3n) is 3.15. The smallest absolute Gasteiger partial charge is 0.230 e. The van der Waals surface area contributed by atoms with E-state index in [1.807, 2.05) is 13.8 Å². The van der Waals surface area contributed by atoms with Gasteiger partial charge in [-0.05, 0) is 31.0 Å². The van der Waals surface area contributed by atoms with Crippen LogP contribution in [0.25, 0.3) is 0 Å². The van der Waals surface area contributed by atoms with Gasteiger partial charge in [0.25, 0.3) is 0 Å². The predicted molar refractivity (Wildman–Crippen MR) is 75.6 cm³/mol. The van der Waals surface area contributed by atoms with E-state index >= 15 is 0 Å². The summed E-state index contributed by atoms with van der Waals surface area (Å²) >= 11 is 1.11. The summed E-state index contributed by atoms with van der Waals surface area (Å²) in [6.07, 6.45) is 0. The lowest BCUT2D eigenvalue weighted by molar-refractivity contribution is -0.120. The standard InChI is InChI=1S/C14H19F2NO2S/c1-9(2)14(3,19)8-17-13(18)7-20-10-4-5-11(15)12(16)6-10/h4-6,9,19H,7-8H2,1-3H3,(H,17,18). The normalized spacial score (nSPS) is 14.2. The molecule has 2 N–H and O–H groups in total. The second-order valence-corrected chi connectivity index (χ2v) is 6.20. The van der Waals surface area contributed by atoms with E-state index in [0.717, 1.165) is 23.9 Å². The van der Waals surface area contributed by atoms with E-state index < -0.39 is 17.2 Å². The molecule has 0 spiro atoms.